The van der Waals surface area contributed by atoms with E-state index in [-0.39, 0.29) is 10.5 Å². The molecule has 0 aromatic carbocycles. The lowest BCUT2D eigenvalue weighted by Crippen LogP contribution is -2.32. The topological polar surface area (TPSA) is 46.9 Å². The van der Waals surface area contributed by atoms with Crippen LogP contribution in [0, 0.1) is 0 Å². The predicted octanol–water partition coefficient (Wildman–Crippen LogP) is 3.09. The molecule has 0 bridgehead atoms. The fourth-order valence-electron chi connectivity index (χ4n) is 1.99. The van der Waals surface area contributed by atoms with Crippen LogP contribution in [-0.4, -0.2) is 22.0 Å². The average Bonchev–Trinajstić information content (AvgIpc) is 2.38. The van der Waals surface area contributed by atoms with Gasteiger partial charge in [-0.25, -0.2) is 4.68 Å². The second-order valence-corrected chi connectivity index (χ2v) is 5.37. The molecule has 0 fully saturated rings. The Morgan fingerprint density at radius 1 is 1.45 bits per heavy atom. The summed E-state index contributed by atoms with van der Waals surface area (Å²) >= 11 is 3.04. The van der Waals surface area contributed by atoms with Crippen molar-refractivity contribution in [2.75, 3.05) is 5.32 Å². The van der Waals surface area contributed by atoms with E-state index in [2.05, 4.69) is 32.4 Å². The molecule has 1 unspecified atom stereocenters. The number of hydrogen-bond acceptors (Lipinski definition) is 3. The number of anilines is 1. The fourth-order valence-corrected chi connectivity index (χ4v) is 2.41. The van der Waals surface area contributed by atoms with E-state index in [0.29, 0.717) is 10.4 Å². The summed E-state index contributed by atoms with van der Waals surface area (Å²) in [5.74, 6) is 0. The normalized spacial score (nSPS) is 19.1. The van der Waals surface area contributed by atoms with Crippen LogP contribution in [0.5, 0.6) is 0 Å². The molecule has 4 nitrogen and oxygen atoms in total. The van der Waals surface area contributed by atoms with Gasteiger partial charge in [0.25, 0.3) is 5.56 Å². The largest absolute Gasteiger partial charge is 0.408 e. The first kappa shape index (κ1) is 15.1. The van der Waals surface area contributed by atoms with Crippen LogP contribution in [-0.2, 0) is 6.54 Å². The van der Waals surface area contributed by atoms with Crippen LogP contribution < -0.4 is 10.9 Å². The molecular weight excluding hydrogens is 339 g/mol. The average molecular weight is 352 g/mol. The van der Waals surface area contributed by atoms with Gasteiger partial charge in [-0.3, -0.25) is 4.79 Å². The highest BCUT2D eigenvalue weighted by Gasteiger charge is 2.29. The standard InChI is InChI=1S/C12H13BrF3N3O/c13-10-9(18-8-4-2-1-3-5-8)6-17-19(11(10)20)7-12(14,15)16/h1-2,6,8,18H,3-5,7H2. The lowest BCUT2D eigenvalue weighted by Gasteiger charge is -2.21. The Labute approximate surface area is 121 Å². The Morgan fingerprint density at radius 3 is 2.80 bits per heavy atom. The van der Waals surface area contributed by atoms with Crippen molar-refractivity contribution in [2.24, 2.45) is 0 Å². The van der Waals surface area contributed by atoms with Gasteiger partial charge >= 0.3 is 6.18 Å². The molecule has 0 spiro atoms. The molecule has 0 saturated heterocycles. The third kappa shape index (κ3) is 3.84. The van der Waals surface area contributed by atoms with Crippen LogP contribution in [0.15, 0.2) is 27.6 Å². The predicted molar refractivity (Wildman–Crippen MR) is 72.7 cm³/mol. The van der Waals surface area contributed by atoms with Crippen LogP contribution in [0.1, 0.15) is 19.3 Å². The second-order valence-electron chi connectivity index (χ2n) is 4.58. The van der Waals surface area contributed by atoms with Crippen LogP contribution in [0.3, 0.4) is 0 Å². The van der Waals surface area contributed by atoms with E-state index in [1.807, 2.05) is 6.08 Å². The Kier molecular flexibility index (Phi) is 4.52. The first-order valence-electron chi connectivity index (χ1n) is 6.11. The summed E-state index contributed by atoms with van der Waals surface area (Å²) in [6.07, 6.45) is 3.55. The number of halogens is 4. The van der Waals surface area contributed by atoms with Crippen molar-refractivity contribution in [3.63, 3.8) is 0 Å². The summed E-state index contributed by atoms with van der Waals surface area (Å²) in [5.41, 5.74) is -0.368. The number of aromatic nitrogens is 2. The zero-order chi connectivity index (χ0) is 14.8. The molecule has 0 saturated carbocycles. The number of hydrogen-bond donors (Lipinski definition) is 1. The van der Waals surface area contributed by atoms with Gasteiger partial charge in [0.1, 0.15) is 11.0 Å². The molecule has 0 aliphatic heterocycles. The van der Waals surface area contributed by atoms with Gasteiger partial charge in [0.2, 0.25) is 0 Å². The summed E-state index contributed by atoms with van der Waals surface area (Å²) in [7, 11) is 0. The number of nitrogens with zero attached hydrogens (tertiary/aromatic N) is 2. The van der Waals surface area contributed by atoms with Crippen LogP contribution in [0.25, 0.3) is 0 Å². The molecule has 2 rings (SSSR count). The quantitative estimate of drug-likeness (QED) is 0.851. The Bertz CT molecular complexity index is 568. The molecule has 0 radical (unpaired) electrons. The highest BCUT2D eigenvalue weighted by molar-refractivity contribution is 9.10. The minimum absolute atomic E-state index is 0.0753. The van der Waals surface area contributed by atoms with Crippen molar-refractivity contribution in [3.05, 3.63) is 33.2 Å². The summed E-state index contributed by atoms with van der Waals surface area (Å²) < 4.78 is 37.3. The third-order valence-corrected chi connectivity index (χ3v) is 3.71. The van der Waals surface area contributed by atoms with Gasteiger partial charge < -0.3 is 5.32 Å². The van der Waals surface area contributed by atoms with Crippen molar-refractivity contribution < 1.29 is 13.2 Å². The van der Waals surface area contributed by atoms with E-state index in [0.717, 1.165) is 19.3 Å². The number of allylic oxidation sites excluding steroid dienone is 1. The molecule has 1 aromatic rings. The summed E-state index contributed by atoms with van der Waals surface area (Å²) in [6.45, 7) is -1.39. The van der Waals surface area contributed by atoms with Gasteiger partial charge in [0.05, 0.1) is 11.9 Å². The van der Waals surface area contributed by atoms with Gasteiger partial charge in [0.15, 0.2) is 0 Å². The summed E-state index contributed by atoms with van der Waals surface area (Å²) in [6, 6.07) is 0.163. The van der Waals surface area contributed by atoms with Gasteiger partial charge in [0, 0.05) is 6.04 Å². The van der Waals surface area contributed by atoms with E-state index >= 15 is 0 Å². The fraction of sp³-hybridized carbons (Fsp3) is 0.500. The van der Waals surface area contributed by atoms with Crippen molar-refractivity contribution in [1.29, 1.82) is 0 Å². The first-order valence-corrected chi connectivity index (χ1v) is 6.90. The van der Waals surface area contributed by atoms with E-state index in [1.54, 1.807) is 0 Å². The van der Waals surface area contributed by atoms with Crippen LogP contribution >= 0.6 is 15.9 Å². The molecule has 1 heterocycles. The zero-order valence-corrected chi connectivity index (χ0v) is 12.0. The van der Waals surface area contributed by atoms with E-state index in [4.69, 9.17) is 0 Å². The van der Waals surface area contributed by atoms with E-state index in [9.17, 15) is 18.0 Å². The number of nitrogens with one attached hydrogen (secondary N) is 1. The van der Waals surface area contributed by atoms with Crippen molar-refractivity contribution in [3.8, 4) is 0 Å². The molecule has 0 amide bonds. The Balaban J connectivity index is 2.18. The zero-order valence-electron chi connectivity index (χ0n) is 10.5. The molecule has 20 heavy (non-hydrogen) atoms. The highest BCUT2D eigenvalue weighted by Crippen LogP contribution is 2.22. The third-order valence-electron chi connectivity index (χ3n) is 2.94. The Hall–Kier alpha value is -1.31. The van der Waals surface area contributed by atoms with Gasteiger partial charge in [-0.2, -0.15) is 18.3 Å². The monoisotopic (exact) mass is 351 g/mol. The smallest absolute Gasteiger partial charge is 0.380 e. The van der Waals surface area contributed by atoms with E-state index < -0.39 is 18.3 Å². The molecule has 1 atom stereocenters. The molecule has 1 N–H and O–H groups in total. The lowest BCUT2D eigenvalue weighted by atomic mass is 10.0. The van der Waals surface area contributed by atoms with Crippen LogP contribution in [0.4, 0.5) is 18.9 Å². The molecule has 110 valence electrons. The molecule has 8 heteroatoms. The minimum Gasteiger partial charge on any atom is -0.380 e. The molecule has 1 aromatic heterocycles. The highest BCUT2D eigenvalue weighted by atomic mass is 79.9. The Morgan fingerprint density at radius 2 is 2.20 bits per heavy atom. The summed E-state index contributed by atoms with van der Waals surface area (Å²) in [5, 5.41) is 6.69. The molecular formula is C12H13BrF3N3O. The lowest BCUT2D eigenvalue weighted by molar-refractivity contribution is -0.143. The maximum atomic E-state index is 12.3. The van der Waals surface area contributed by atoms with Crippen LogP contribution in [0.2, 0.25) is 0 Å². The van der Waals surface area contributed by atoms with Crippen molar-refractivity contribution in [1.82, 2.24) is 9.78 Å². The summed E-state index contributed by atoms with van der Waals surface area (Å²) in [4.78, 5) is 11.8. The van der Waals surface area contributed by atoms with Crippen molar-refractivity contribution in [2.45, 2.75) is 38.0 Å². The maximum Gasteiger partial charge on any atom is 0.408 e. The molecule has 1 aliphatic rings. The van der Waals surface area contributed by atoms with Gasteiger partial charge in [-0.05, 0) is 35.2 Å². The SMILES string of the molecule is O=c1c(Br)c(NC2CC=CCC2)cnn1CC(F)(F)F. The molecule has 1 aliphatic carbocycles. The number of rotatable bonds is 3. The maximum absolute atomic E-state index is 12.3. The first-order chi connectivity index (χ1) is 9.37. The van der Waals surface area contributed by atoms with Gasteiger partial charge in [-0.15, -0.1) is 0 Å². The van der Waals surface area contributed by atoms with E-state index in [1.165, 1.54) is 6.20 Å². The van der Waals surface area contributed by atoms with Crippen molar-refractivity contribution >= 4 is 21.6 Å². The number of alkyl halides is 3. The second kappa shape index (κ2) is 5.99. The van der Waals surface area contributed by atoms with Gasteiger partial charge in [-0.1, -0.05) is 12.2 Å². The minimum atomic E-state index is -4.47.